The van der Waals surface area contributed by atoms with E-state index in [4.69, 9.17) is 4.74 Å². The Bertz CT molecular complexity index is 716. The zero-order valence-corrected chi connectivity index (χ0v) is 17.4. The first kappa shape index (κ1) is 21.3. The molecule has 0 aromatic carbocycles. The number of hydrogen-bond acceptors (Lipinski definition) is 5. The number of amides is 2. The molecule has 0 unspecified atom stereocenters. The molecule has 0 radical (unpaired) electrons. The second-order valence-electron chi connectivity index (χ2n) is 8.09. The van der Waals surface area contributed by atoms with Crippen molar-refractivity contribution >= 4 is 17.8 Å². The zero-order chi connectivity index (χ0) is 20.8. The van der Waals surface area contributed by atoms with Crippen LogP contribution < -0.4 is 0 Å². The Morgan fingerprint density at radius 3 is 2.45 bits per heavy atom. The molecule has 158 valence electrons. The molecule has 0 N–H and O–H groups in total. The molecule has 2 fully saturated rings. The van der Waals surface area contributed by atoms with Gasteiger partial charge in [0.2, 0.25) is 5.91 Å². The fourth-order valence-corrected chi connectivity index (χ4v) is 4.55. The fraction of sp³-hybridized carbons (Fsp3) is 0.636. The van der Waals surface area contributed by atoms with E-state index in [9.17, 15) is 14.4 Å². The fourth-order valence-electron chi connectivity index (χ4n) is 4.55. The lowest BCUT2D eigenvalue weighted by Gasteiger charge is -2.39. The second-order valence-corrected chi connectivity index (χ2v) is 8.09. The summed E-state index contributed by atoms with van der Waals surface area (Å²) in [6.45, 7) is 4.72. The summed E-state index contributed by atoms with van der Waals surface area (Å²) < 4.78 is 4.82. The molecule has 3 heterocycles. The van der Waals surface area contributed by atoms with Crippen molar-refractivity contribution in [1.82, 2.24) is 14.8 Å². The summed E-state index contributed by atoms with van der Waals surface area (Å²) >= 11 is 0. The summed E-state index contributed by atoms with van der Waals surface area (Å²) in [5.41, 5.74) is 0.616. The van der Waals surface area contributed by atoms with Crippen LogP contribution in [0.5, 0.6) is 0 Å². The summed E-state index contributed by atoms with van der Waals surface area (Å²) in [4.78, 5) is 45.0. The van der Waals surface area contributed by atoms with Crippen molar-refractivity contribution in [3.05, 3.63) is 30.1 Å². The van der Waals surface area contributed by atoms with Crippen LogP contribution in [0.2, 0.25) is 0 Å². The van der Waals surface area contributed by atoms with Gasteiger partial charge in [0.25, 0.3) is 5.91 Å². The molecule has 0 bridgehead atoms. The van der Waals surface area contributed by atoms with E-state index < -0.39 is 0 Å². The molecule has 1 aromatic rings. The monoisotopic (exact) mass is 401 g/mol. The topological polar surface area (TPSA) is 79.8 Å². The Morgan fingerprint density at radius 2 is 1.83 bits per heavy atom. The van der Waals surface area contributed by atoms with Crippen LogP contribution in [0.15, 0.2) is 24.5 Å². The van der Waals surface area contributed by atoms with Crippen LogP contribution in [-0.4, -0.2) is 65.9 Å². The summed E-state index contributed by atoms with van der Waals surface area (Å²) in [6.07, 6.45) is 6.93. The van der Waals surface area contributed by atoms with Gasteiger partial charge in [0.15, 0.2) is 0 Å². The predicted octanol–water partition coefficient (Wildman–Crippen LogP) is 2.37. The highest BCUT2D eigenvalue weighted by atomic mass is 16.5. The van der Waals surface area contributed by atoms with Crippen LogP contribution in [0.25, 0.3) is 0 Å². The van der Waals surface area contributed by atoms with Crippen molar-refractivity contribution in [2.24, 2.45) is 17.8 Å². The molecular formula is C22H31N3O4. The van der Waals surface area contributed by atoms with Crippen molar-refractivity contribution in [1.29, 1.82) is 0 Å². The smallest absolute Gasteiger partial charge is 0.308 e. The number of likely N-dealkylation sites (tertiary alicyclic amines) is 2. The van der Waals surface area contributed by atoms with Gasteiger partial charge in [-0.2, -0.15) is 0 Å². The van der Waals surface area contributed by atoms with Gasteiger partial charge < -0.3 is 14.5 Å². The minimum Gasteiger partial charge on any atom is -0.469 e. The third-order valence-electron chi connectivity index (χ3n) is 6.43. The number of nitrogens with zero attached hydrogens (tertiary/aromatic N) is 3. The number of piperidine rings is 2. The highest BCUT2D eigenvalue weighted by Crippen LogP contribution is 2.31. The molecule has 2 amide bonds. The van der Waals surface area contributed by atoms with Gasteiger partial charge in [-0.3, -0.25) is 19.4 Å². The molecule has 7 heteroatoms. The van der Waals surface area contributed by atoms with Gasteiger partial charge in [-0.15, -0.1) is 0 Å². The summed E-state index contributed by atoms with van der Waals surface area (Å²) in [5, 5.41) is 0. The van der Waals surface area contributed by atoms with Crippen LogP contribution in [0.4, 0.5) is 0 Å². The summed E-state index contributed by atoms with van der Waals surface area (Å²) in [6, 6.07) is 3.57. The van der Waals surface area contributed by atoms with E-state index in [0.29, 0.717) is 62.8 Å². The lowest BCUT2D eigenvalue weighted by molar-refractivity contribution is -0.149. The van der Waals surface area contributed by atoms with Gasteiger partial charge in [-0.1, -0.05) is 13.3 Å². The van der Waals surface area contributed by atoms with E-state index in [0.717, 1.165) is 12.8 Å². The first-order chi connectivity index (χ1) is 14.0. The predicted molar refractivity (Wildman–Crippen MR) is 108 cm³/mol. The highest BCUT2D eigenvalue weighted by Gasteiger charge is 2.34. The molecule has 0 aliphatic carbocycles. The van der Waals surface area contributed by atoms with Crippen molar-refractivity contribution in [2.45, 2.75) is 39.0 Å². The minimum absolute atomic E-state index is 0.0196. The van der Waals surface area contributed by atoms with E-state index >= 15 is 0 Å². The number of carbonyl (C=O) groups excluding carboxylic acids is 3. The number of aromatic nitrogens is 1. The van der Waals surface area contributed by atoms with E-state index in [-0.39, 0.29) is 23.7 Å². The van der Waals surface area contributed by atoms with Gasteiger partial charge in [0.1, 0.15) is 0 Å². The molecule has 0 spiro atoms. The van der Waals surface area contributed by atoms with Gasteiger partial charge in [-0.25, -0.2) is 0 Å². The van der Waals surface area contributed by atoms with Crippen LogP contribution in [0.3, 0.4) is 0 Å². The molecule has 2 saturated heterocycles. The standard InChI is InChI=1S/C22H31N3O4/c1-3-16-15-25(21(27)19-5-4-9-23-14-19)12-8-18(16)13-20(26)24-10-6-17(7-11-24)22(28)29-2/h4-5,9,14,16-18H,3,6-8,10-13,15H2,1-2H3/t16-,18+/m1/s1. The number of ether oxygens (including phenoxy) is 1. The van der Waals surface area contributed by atoms with Crippen LogP contribution in [-0.2, 0) is 14.3 Å². The lowest BCUT2D eigenvalue weighted by Crippen LogP contribution is -2.46. The summed E-state index contributed by atoms with van der Waals surface area (Å²) in [7, 11) is 1.41. The van der Waals surface area contributed by atoms with Gasteiger partial charge >= 0.3 is 5.97 Å². The van der Waals surface area contributed by atoms with Crippen molar-refractivity contribution in [3.63, 3.8) is 0 Å². The number of carbonyl (C=O) groups is 3. The normalized spacial score (nSPS) is 23.0. The van der Waals surface area contributed by atoms with E-state index in [2.05, 4.69) is 11.9 Å². The van der Waals surface area contributed by atoms with Crippen molar-refractivity contribution in [2.75, 3.05) is 33.3 Å². The maximum Gasteiger partial charge on any atom is 0.308 e. The molecule has 2 aliphatic rings. The van der Waals surface area contributed by atoms with Gasteiger partial charge in [-0.05, 0) is 43.2 Å². The molecule has 2 atom stereocenters. The highest BCUT2D eigenvalue weighted by molar-refractivity contribution is 5.94. The Labute approximate surface area is 172 Å². The van der Waals surface area contributed by atoms with E-state index in [1.807, 2.05) is 9.80 Å². The number of esters is 1. The molecule has 7 nitrogen and oxygen atoms in total. The number of pyridine rings is 1. The molecule has 2 aliphatic heterocycles. The van der Waals surface area contributed by atoms with Crippen LogP contribution >= 0.6 is 0 Å². The Kier molecular flexibility index (Phi) is 7.23. The van der Waals surface area contributed by atoms with Gasteiger partial charge in [0.05, 0.1) is 18.6 Å². The second kappa shape index (κ2) is 9.85. The molecule has 29 heavy (non-hydrogen) atoms. The molecule has 3 rings (SSSR count). The van der Waals surface area contributed by atoms with Crippen molar-refractivity contribution in [3.8, 4) is 0 Å². The summed E-state index contributed by atoms with van der Waals surface area (Å²) in [5.74, 6) is 0.544. The third kappa shape index (κ3) is 5.14. The number of rotatable bonds is 5. The van der Waals surface area contributed by atoms with Crippen LogP contribution in [0.1, 0.15) is 49.4 Å². The number of methoxy groups -OCH3 is 1. The zero-order valence-electron chi connectivity index (χ0n) is 17.4. The Morgan fingerprint density at radius 1 is 1.10 bits per heavy atom. The average Bonchev–Trinajstić information content (AvgIpc) is 2.78. The lowest BCUT2D eigenvalue weighted by atomic mass is 9.81. The minimum atomic E-state index is -0.172. The van der Waals surface area contributed by atoms with Crippen LogP contribution in [0, 0.1) is 17.8 Å². The maximum atomic E-state index is 12.8. The SMILES string of the molecule is CC[C@@H]1CN(C(=O)c2cccnc2)CC[C@H]1CC(=O)N1CCC(C(=O)OC)CC1. The first-order valence-corrected chi connectivity index (χ1v) is 10.6. The maximum absolute atomic E-state index is 12.8. The Balaban J connectivity index is 1.52. The number of hydrogen-bond donors (Lipinski definition) is 0. The third-order valence-corrected chi connectivity index (χ3v) is 6.43. The average molecular weight is 402 g/mol. The van der Waals surface area contributed by atoms with Gasteiger partial charge in [0, 0.05) is 45.0 Å². The van der Waals surface area contributed by atoms with E-state index in [1.54, 1.807) is 24.5 Å². The molecule has 0 saturated carbocycles. The van der Waals surface area contributed by atoms with Crippen molar-refractivity contribution < 1.29 is 19.1 Å². The molecular weight excluding hydrogens is 370 g/mol. The molecule has 1 aromatic heterocycles. The largest absolute Gasteiger partial charge is 0.469 e. The first-order valence-electron chi connectivity index (χ1n) is 10.6. The Hall–Kier alpha value is -2.44. The van der Waals surface area contributed by atoms with E-state index in [1.165, 1.54) is 7.11 Å². The quantitative estimate of drug-likeness (QED) is 0.708.